The number of benzene rings is 2. The highest BCUT2D eigenvalue weighted by atomic mass is 16.8. The summed E-state index contributed by atoms with van der Waals surface area (Å²) in [5.74, 6) is 0.300. The van der Waals surface area contributed by atoms with Crippen LogP contribution in [0.3, 0.4) is 0 Å². The molecule has 0 aliphatic carbocycles. The van der Waals surface area contributed by atoms with Crippen LogP contribution in [-0.4, -0.2) is 22.6 Å². The van der Waals surface area contributed by atoms with Gasteiger partial charge < -0.3 is 20.3 Å². The SMILES string of the molecule is COc1ccc(C=Cc2ccc([NH+]([O-])O)cc2[NH+]([O-])O)cc1O. The maximum absolute atomic E-state index is 11.3. The Balaban J connectivity index is 2.33. The summed E-state index contributed by atoms with van der Waals surface area (Å²) in [5.41, 5.74) is 0.792. The minimum atomic E-state index is -1.22. The Labute approximate surface area is 131 Å². The summed E-state index contributed by atoms with van der Waals surface area (Å²) in [6, 6.07) is 8.62. The maximum Gasteiger partial charge on any atom is 0.177 e. The lowest BCUT2D eigenvalue weighted by Gasteiger charge is -2.17. The molecule has 0 saturated heterocycles. The second-order valence-corrected chi connectivity index (χ2v) is 4.68. The van der Waals surface area contributed by atoms with Crippen LogP contribution < -0.4 is 15.2 Å². The van der Waals surface area contributed by atoms with Crippen LogP contribution in [0.1, 0.15) is 11.1 Å². The average Bonchev–Trinajstić information content (AvgIpc) is 2.52. The largest absolute Gasteiger partial charge is 0.595 e. The lowest BCUT2D eigenvalue weighted by molar-refractivity contribution is -0.996. The summed E-state index contributed by atoms with van der Waals surface area (Å²) in [4.78, 5) is 0. The van der Waals surface area contributed by atoms with Gasteiger partial charge in [-0.2, -0.15) is 10.5 Å². The van der Waals surface area contributed by atoms with Crippen molar-refractivity contribution in [1.29, 1.82) is 0 Å². The van der Waals surface area contributed by atoms with Crippen LogP contribution in [0.25, 0.3) is 12.2 Å². The van der Waals surface area contributed by atoms with Gasteiger partial charge in [0, 0.05) is 11.6 Å². The van der Waals surface area contributed by atoms with Crippen molar-refractivity contribution < 1.29 is 30.7 Å². The van der Waals surface area contributed by atoms with Gasteiger partial charge in [0.15, 0.2) is 22.9 Å². The van der Waals surface area contributed by atoms with Crippen molar-refractivity contribution in [3.8, 4) is 11.5 Å². The molecule has 23 heavy (non-hydrogen) atoms. The number of phenolic OH excluding ortho intramolecular Hbond substituents is 1. The van der Waals surface area contributed by atoms with Crippen LogP contribution >= 0.6 is 0 Å². The Morgan fingerprint density at radius 1 is 1.00 bits per heavy atom. The molecular weight excluding hydrogens is 304 g/mol. The predicted octanol–water partition coefficient (Wildman–Crippen LogP) is 0.378. The first kappa shape index (κ1) is 16.9. The molecule has 2 aromatic rings. The Bertz CT molecular complexity index is 715. The topological polar surface area (TPSA) is 125 Å². The molecule has 2 aromatic carbocycles. The molecule has 0 aliphatic rings. The van der Waals surface area contributed by atoms with E-state index in [9.17, 15) is 20.7 Å². The van der Waals surface area contributed by atoms with Gasteiger partial charge in [-0.05, 0) is 29.8 Å². The molecule has 0 fully saturated rings. The summed E-state index contributed by atoms with van der Waals surface area (Å²) >= 11 is 0. The molecule has 122 valence electrons. The first-order valence-corrected chi connectivity index (χ1v) is 6.58. The number of hydrogen-bond acceptors (Lipinski definition) is 6. The van der Waals surface area contributed by atoms with E-state index in [2.05, 4.69) is 0 Å². The van der Waals surface area contributed by atoms with E-state index >= 15 is 0 Å². The molecule has 2 rings (SSSR count). The molecule has 0 aliphatic heterocycles. The van der Waals surface area contributed by atoms with Crippen molar-refractivity contribution >= 4 is 23.5 Å². The fraction of sp³-hybridized carbons (Fsp3) is 0.0667. The van der Waals surface area contributed by atoms with Crippen molar-refractivity contribution in [3.05, 3.63) is 57.9 Å². The summed E-state index contributed by atoms with van der Waals surface area (Å²) in [7, 11) is 1.44. The van der Waals surface area contributed by atoms with Crippen molar-refractivity contribution in [1.82, 2.24) is 0 Å². The second-order valence-electron chi connectivity index (χ2n) is 4.68. The molecule has 0 spiro atoms. The molecule has 0 heterocycles. The van der Waals surface area contributed by atoms with Crippen LogP contribution in [0.15, 0.2) is 36.4 Å². The Morgan fingerprint density at radius 2 is 1.74 bits per heavy atom. The molecule has 0 radical (unpaired) electrons. The fourth-order valence-corrected chi connectivity index (χ4v) is 2.02. The molecule has 2 unspecified atom stereocenters. The van der Waals surface area contributed by atoms with Gasteiger partial charge in [0.2, 0.25) is 0 Å². The van der Waals surface area contributed by atoms with E-state index in [-0.39, 0.29) is 17.1 Å². The lowest BCUT2D eigenvalue weighted by atomic mass is 10.1. The van der Waals surface area contributed by atoms with Gasteiger partial charge >= 0.3 is 0 Å². The van der Waals surface area contributed by atoms with Crippen molar-refractivity contribution in [2.75, 3.05) is 7.11 Å². The summed E-state index contributed by atoms with van der Waals surface area (Å²) in [6.07, 6.45) is 3.15. The van der Waals surface area contributed by atoms with Gasteiger partial charge in [0.25, 0.3) is 0 Å². The van der Waals surface area contributed by atoms with Crippen LogP contribution in [-0.2, 0) is 0 Å². The molecular formula is C15H16N2O6. The summed E-state index contributed by atoms with van der Waals surface area (Å²) in [6.45, 7) is 0. The molecule has 8 heteroatoms. The minimum Gasteiger partial charge on any atom is -0.595 e. The standard InChI is InChI=1S/C15H16N2O6/c1-23-15-7-3-10(8-14(15)18)2-4-11-5-6-12(16(19)20)9-13(11)17(21)22/h2-9,16-19,21H,1H3. The minimum absolute atomic E-state index is 0.0330. The highest BCUT2D eigenvalue weighted by Crippen LogP contribution is 2.27. The molecule has 0 amide bonds. The van der Waals surface area contributed by atoms with Crippen molar-refractivity contribution in [3.63, 3.8) is 0 Å². The third-order valence-electron chi connectivity index (χ3n) is 3.19. The van der Waals surface area contributed by atoms with Gasteiger partial charge in [-0.3, -0.25) is 0 Å². The number of rotatable bonds is 5. The molecule has 0 saturated carbocycles. The first-order valence-electron chi connectivity index (χ1n) is 6.58. The van der Waals surface area contributed by atoms with Gasteiger partial charge in [-0.25, -0.2) is 10.4 Å². The van der Waals surface area contributed by atoms with E-state index < -0.39 is 10.5 Å². The number of ether oxygens (including phenoxy) is 1. The Kier molecular flexibility index (Phi) is 5.29. The van der Waals surface area contributed by atoms with Crippen LogP contribution in [0, 0.1) is 10.4 Å². The third kappa shape index (κ3) is 4.05. The molecule has 8 nitrogen and oxygen atoms in total. The van der Waals surface area contributed by atoms with E-state index in [1.807, 2.05) is 0 Å². The molecule has 0 bridgehead atoms. The molecule has 0 aromatic heterocycles. The second kappa shape index (κ2) is 7.20. The van der Waals surface area contributed by atoms with Gasteiger partial charge in [-0.1, -0.05) is 12.1 Å². The van der Waals surface area contributed by atoms with E-state index in [0.717, 1.165) is 6.07 Å². The lowest BCUT2D eigenvalue weighted by Crippen LogP contribution is -3.01. The average molecular weight is 320 g/mol. The number of methoxy groups -OCH3 is 1. The number of phenols is 1. The fourth-order valence-electron chi connectivity index (χ4n) is 2.02. The number of hydrogen-bond donors (Lipinski definition) is 5. The van der Waals surface area contributed by atoms with Crippen LogP contribution in [0.5, 0.6) is 11.5 Å². The van der Waals surface area contributed by atoms with Gasteiger partial charge in [0.1, 0.15) is 0 Å². The maximum atomic E-state index is 11.3. The van der Waals surface area contributed by atoms with E-state index in [0.29, 0.717) is 16.9 Å². The van der Waals surface area contributed by atoms with E-state index in [1.54, 1.807) is 18.2 Å². The highest BCUT2D eigenvalue weighted by Gasteiger charge is 2.11. The molecule has 5 N–H and O–H groups in total. The molecule has 2 atom stereocenters. The monoisotopic (exact) mass is 320 g/mol. The zero-order valence-electron chi connectivity index (χ0n) is 12.2. The van der Waals surface area contributed by atoms with Crippen molar-refractivity contribution in [2.24, 2.45) is 0 Å². The first-order chi connectivity index (χ1) is 10.9. The number of quaternary nitrogens is 2. The normalized spacial score (nSPS) is 14.0. The predicted molar refractivity (Wildman–Crippen MR) is 81.6 cm³/mol. The highest BCUT2D eigenvalue weighted by molar-refractivity contribution is 5.75. The van der Waals surface area contributed by atoms with E-state index in [1.165, 1.54) is 31.4 Å². The van der Waals surface area contributed by atoms with Crippen LogP contribution in [0.2, 0.25) is 0 Å². The van der Waals surface area contributed by atoms with E-state index in [4.69, 9.17) is 9.94 Å². The Morgan fingerprint density at radius 3 is 2.30 bits per heavy atom. The summed E-state index contributed by atoms with van der Waals surface area (Å²) in [5, 5.41) is 47.6. The third-order valence-corrected chi connectivity index (χ3v) is 3.19. The zero-order chi connectivity index (χ0) is 17.0. The zero-order valence-corrected chi connectivity index (χ0v) is 12.2. The number of nitrogens with one attached hydrogen (secondary N) is 2. The number of aromatic hydroxyl groups is 1. The van der Waals surface area contributed by atoms with Crippen LogP contribution in [0.4, 0.5) is 11.4 Å². The Hall–Kier alpha value is -2.46. The smallest absolute Gasteiger partial charge is 0.177 e. The quantitative estimate of drug-likeness (QED) is 0.401. The van der Waals surface area contributed by atoms with Gasteiger partial charge in [-0.15, -0.1) is 0 Å². The summed E-state index contributed by atoms with van der Waals surface area (Å²) < 4.78 is 4.94. The van der Waals surface area contributed by atoms with Crippen molar-refractivity contribution in [2.45, 2.75) is 0 Å². The van der Waals surface area contributed by atoms with Gasteiger partial charge in [0.05, 0.1) is 13.2 Å².